The van der Waals surface area contributed by atoms with Gasteiger partial charge in [-0.15, -0.1) is 0 Å². The molecule has 0 radical (unpaired) electrons. The molecule has 0 saturated carbocycles. The Hall–Kier alpha value is -1.40. The minimum absolute atomic E-state index is 0.0624. The molecule has 0 aliphatic carbocycles. The van der Waals surface area contributed by atoms with E-state index in [1.54, 1.807) is 13.2 Å². The second-order valence-electron chi connectivity index (χ2n) is 5.52. The monoisotopic (exact) mass is 278 g/mol. The number of carbonyl (C=O) groups excluding carboxylic acids is 1. The average molecular weight is 278 g/mol. The Labute approximate surface area is 118 Å². The summed E-state index contributed by atoms with van der Waals surface area (Å²) in [4.78, 5) is 14.5. The van der Waals surface area contributed by atoms with Crippen molar-refractivity contribution < 1.29 is 9.53 Å². The lowest BCUT2D eigenvalue weighted by molar-refractivity contribution is 0.0283. The standard InChI is InChI=1S/C14H22N4O2/c1-15-14(19)11-9-16-17-13(11)12-3-2-6-18(12)10-4-7-20-8-5-10/h9-10,12H,2-8H2,1H3,(H,15,19)(H,16,17). The molecule has 1 amide bonds. The zero-order chi connectivity index (χ0) is 13.9. The number of nitrogens with zero attached hydrogens (tertiary/aromatic N) is 2. The Morgan fingerprint density at radius 2 is 2.25 bits per heavy atom. The summed E-state index contributed by atoms with van der Waals surface area (Å²) in [5, 5.41) is 9.81. The van der Waals surface area contributed by atoms with E-state index < -0.39 is 0 Å². The van der Waals surface area contributed by atoms with Crippen LogP contribution in [0.5, 0.6) is 0 Å². The molecule has 6 heteroatoms. The van der Waals surface area contributed by atoms with Gasteiger partial charge in [0.05, 0.1) is 23.5 Å². The fraction of sp³-hybridized carbons (Fsp3) is 0.714. The van der Waals surface area contributed by atoms with Gasteiger partial charge in [-0.05, 0) is 32.2 Å². The first-order chi connectivity index (χ1) is 9.81. The second-order valence-corrected chi connectivity index (χ2v) is 5.52. The highest BCUT2D eigenvalue weighted by Crippen LogP contribution is 2.36. The SMILES string of the molecule is CNC(=O)c1cn[nH]c1C1CCCN1C1CCOCC1. The normalized spacial score (nSPS) is 24.9. The summed E-state index contributed by atoms with van der Waals surface area (Å²) in [5.74, 6) is -0.0624. The van der Waals surface area contributed by atoms with E-state index >= 15 is 0 Å². The van der Waals surface area contributed by atoms with E-state index in [4.69, 9.17) is 4.74 Å². The minimum atomic E-state index is -0.0624. The Morgan fingerprint density at radius 3 is 3.00 bits per heavy atom. The van der Waals surface area contributed by atoms with Crippen molar-refractivity contribution in [2.45, 2.75) is 37.8 Å². The fourth-order valence-corrected chi connectivity index (χ4v) is 3.42. The van der Waals surface area contributed by atoms with E-state index in [1.807, 2.05) is 0 Å². The van der Waals surface area contributed by atoms with Gasteiger partial charge in [-0.1, -0.05) is 0 Å². The van der Waals surface area contributed by atoms with Gasteiger partial charge in [-0.3, -0.25) is 14.8 Å². The van der Waals surface area contributed by atoms with Crippen LogP contribution >= 0.6 is 0 Å². The number of amides is 1. The van der Waals surface area contributed by atoms with E-state index in [0.29, 0.717) is 11.6 Å². The van der Waals surface area contributed by atoms with E-state index in [2.05, 4.69) is 20.4 Å². The molecule has 20 heavy (non-hydrogen) atoms. The Kier molecular flexibility index (Phi) is 4.03. The quantitative estimate of drug-likeness (QED) is 0.868. The molecule has 2 fully saturated rings. The van der Waals surface area contributed by atoms with Gasteiger partial charge in [0.25, 0.3) is 5.91 Å². The summed E-state index contributed by atoms with van der Waals surface area (Å²) in [7, 11) is 1.66. The lowest BCUT2D eigenvalue weighted by atomic mass is 10.0. The molecule has 0 aromatic carbocycles. The fourth-order valence-electron chi connectivity index (χ4n) is 3.42. The molecule has 6 nitrogen and oxygen atoms in total. The summed E-state index contributed by atoms with van der Waals surface area (Å²) >= 11 is 0. The van der Waals surface area contributed by atoms with Crippen molar-refractivity contribution in [2.75, 3.05) is 26.8 Å². The van der Waals surface area contributed by atoms with Crippen molar-refractivity contribution in [3.05, 3.63) is 17.5 Å². The topological polar surface area (TPSA) is 70.2 Å². The molecule has 3 heterocycles. The maximum absolute atomic E-state index is 11.9. The van der Waals surface area contributed by atoms with E-state index in [-0.39, 0.29) is 11.9 Å². The number of hydrogen-bond acceptors (Lipinski definition) is 4. The highest BCUT2D eigenvalue weighted by molar-refractivity contribution is 5.95. The van der Waals surface area contributed by atoms with Crippen molar-refractivity contribution in [2.24, 2.45) is 0 Å². The van der Waals surface area contributed by atoms with Crippen molar-refractivity contribution in [3.63, 3.8) is 0 Å². The molecular weight excluding hydrogens is 256 g/mol. The molecule has 1 atom stereocenters. The van der Waals surface area contributed by atoms with E-state index in [0.717, 1.165) is 44.7 Å². The number of carbonyl (C=O) groups is 1. The molecule has 110 valence electrons. The number of likely N-dealkylation sites (tertiary alicyclic amines) is 1. The lowest BCUT2D eigenvalue weighted by Gasteiger charge is -2.35. The van der Waals surface area contributed by atoms with Gasteiger partial charge < -0.3 is 10.1 Å². The Bertz CT molecular complexity index is 467. The number of hydrogen-bond donors (Lipinski definition) is 2. The summed E-state index contributed by atoms with van der Waals surface area (Å²) in [6.45, 7) is 2.79. The van der Waals surface area contributed by atoms with Crippen molar-refractivity contribution in [3.8, 4) is 0 Å². The first-order valence-electron chi connectivity index (χ1n) is 7.40. The van der Waals surface area contributed by atoms with Crippen LogP contribution in [0.4, 0.5) is 0 Å². The first-order valence-corrected chi connectivity index (χ1v) is 7.40. The molecule has 1 aromatic rings. The van der Waals surface area contributed by atoms with Crippen LogP contribution in [-0.2, 0) is 4.74 Å². The van der Waals surface area contributed by atoms with Gasteiger partial charge >= 0.3 is 0 Å². The predicted molar refractivity (Wildman–Crippen MR) is 74.5 cm³/mol. The third-order valence-electron chi connectivity index (χ3n) is 4.43. The zero-order valence-electron chi connectivity index (χ0n) is 11.9. The molecule has 3 rings (SSSR count). The lowest BCUT2D eigenvalue weighted by Crippen LogP contribution is -2.39. The molecule has 0 bridgehead atoms. The molecule has 2 saturated heterocycles. The van der Waals surface area contributed by atoms with E-state index in [9.17, 15) is 4.79 Å². The Balaban J connectivity index is 1.81. The maximum atomic E-state index is 11.9. The van der Waals surface area contributed by atoms with Crippen LogP contribution in [-0.4, -0.2) is 53.9 Å². The molecule has 1 aromatic heterocycles. The van der Waals surface area contributed by atoms with Crippen molar-refractivity contribution in [1.82, 2.24) is 20.4 Å². The van der Waals surface area contributed by atoms with Gasteiger partial charge in [0.15, 0.2) is 0 Å². The number of H-pyrrole nitrogens is 1. The highest BCUT2D eigenvalue weighted by Gasteiger charge is 2.35. The minimum Gasteiger partial charge on any atom is -0.381 e. The van der Waals surface area contributed by atoms with Crippen LogP contribution in [0.1, 0.15) is 47.8 Å². The van der Waals surface area contributed by atoms with Gasteiger partial charge in [-0.2, -0.15) is 5.10 Å². The summed E-state index contributed by atoms with van der Waals surface area (Å²) in [6, 6.07) is 0.852. The summed E-state index contributed by atoms with van der Waals surface area (Å²) < 4.78 is 5.45. The molecule has 2 aliphatic heterocycles. The molecule has 0 spiro atoms. The van der Waals surface area contributed by atoms with Crippen molar-refractivity contribution in [1.29, 1.82) is 0 Å². The van der Waals surface area contributed by atoms with Crippen LogP contribution in [0.3, 0.4) is 0 Å². The summed E-state index contributed by atoms with van der Waals surface area (Å²) in [6.07, 6.45) is 6.06. The van der Waals surface area contributed by atoms with Crippen LogP contribution in [0.25, 0.3) is 0 Å². The van der Waals surface area contributed by atoms with Crippen LogP contribution < -0.4 is 5.32 Å². The first kappa shape index (κ1) is 13.6. The number of nitrogens with one attached hydrogen (secondary N) is 2. The number of rotatable bonds is 3. The zero-order valence-corrected chi connectivity index (χ0v) is 11.9. The summed E-state index contributed by atoms with van der Waals surface area (Å²) in [5.41, 5.74) is 1.64. The van der Waals surface area contributed by atoms with Gasteiger partial charge in [0.1, 0.15) is 0 Å². The molecule has 1 unspecified atom stereocenters. The molecule has 2 aliphatic rings. The average Bonchev–Trinajstić information content (AvgIpc) is 3.15. The van der Waals surface area contributed by atoms with Crippen LogP contribution in [0.2, 0.25) is 0 Å². The van der Waals surface area contributed by atoms with Crippen molar-refractivity contribution >= 4 is 5.91 Å². The largest absolute Gasteiger partial charge is 0.381 e. The maximum Gasteiger partial charge on any atom is 0.254 e. The number of aromatic amines is 1. The highest BCUT2D eigenvalue weighted by atomic mass is 16.5. The van der Waals surface area contributed by atoms with Gasteiger partial charge in [-0.25, -0.2) is 0 Å². The predicted octanol–water partition coefficient (Wildman–Crippen LogP) is 1.09. The number of aromatic nitrogens is 2. The third-order valence-corrected chi connectivity index (χ3v) is 4.43. The smallest absolute Gasteiger partial charge is 0.254 e. The second kappa shape index (κ2) is 5.93. The van der Waals surface area contributed by atoms with Gasteiger partial charge in [0.2, 0.25) is 0 Å². The van der Waals surface area contributed by atoms with E-state index in [1.165, 1.54) is 6.42 Å². The van der Waals surface area contributed by atoms with Gasteiger partial charge in [0, 0.05) is 26.3 Å². The van der Waals surface area contributed by atoms with Crippen LogP contribution in [0, 0.1) is 0 Å². The van der Waals surface area contributed by atoms with Crippen LogP contribution in [0.15, 0.2) is 6.20 Å². The Morgan fingerprint density at radius 1 is 1.45 bits per heavy atom. The third kappa shape index (κ3) is 2.45. The number of ether oxygens (including phenoxy) is 1. The molecular formula is C14H22N4O2. The molecule has 2 N–H and O–H groups in total.